The van der Waals surface area contributed by atoms with E-state index < -0.39 is 0 Å². The van der Waals surface area contributed by atoms with E-state index in [9.17, 15) is 4.79 Å². The average Bonchev–Trinajstić information content (AvgIpc) is 3.04. The lowest BCUT2D eigenvalue weighted by Gasteiger charge is -2.15. The van der Waals surface area contributed by atoms with Crippen LogP contribution < -0.4 is 9.47 Å². The number of Topliss-reactive ketones (excluding diaryl/α,β-unsaturated/α-hetero) is 1. The lowest BCUT2D eigenvalue weighted by molar-refractivity contribution is 0.0913. The van der Waals surface area contributed by atoms with E-state index in [2.05, 4.69) is 15.9 Å². The predicted molar refractivity (Wildman–Crippen MR) is 75.9 cm³/mol. The third kappa shape index (κ3) is 2.27. The molecule has 2 saturated carbocycles. The number of methoxy groups -OCH3 is 2. The zero-order valence-corrected chi connectivity index (χ0v) is 12.7. The van der Waals surface area contributed by atoms with Crippen molar-refractivity contribution in [2.24, 2.45) is 17.8 Å². The van der Waals surface area contributed by atoms with Crippen molar-refractivity contribution >= 4 is 21.7 Å². The van der Waals surface area contributed by atoms with Crippen LogP contribution in [0.2, 0.25) is 0 Å². The van der Waals surface area contributed by atoms with E-state index in [0.717, 1.165) is 29.2 Å². The molecule has 19 heavy (non-hydrogen) atoms. The van der Waals surface area contributed by atoms with Gasteiger partial charge >= 0.3 is 0 Å². The van der Waals surface area contributed by atoms with Gasteiger partial charge in [0.1, 0.15) is 0 Å². The van der Waals surface area contributed by atoms with Gasteiger partial charge in [-0.15, -0.1) is 0 Å². The Hall–Kier alpha value is -1.03. The number of halogens is 1. The highest BCUT2D eigenvalue weighted by Gasteiger charge is 2.48. The molecule has 2 aliphatic carbocycles. The summed E-state index contributed by atoms with van der Waals surface area (Å²) in [5.74, 6) is 3.30. The molecule has 3 nitrogen and oxygen atoms in total. The van der Waals surface area contributed by atoms with E-state index in [0.29, 0.717) is 17.1 Å². The number of ketones is 1. The average molecular weight is 325 g/mol. The Morgan fingerprint density at radius 1 is 1.11 bits per heavy atom. The molecule has 0 saturated heterocycles. The third-order valence-corrected chi connectivity index (χ3v) is 5.01. The van der Waals surface area contributed by atoms with Gasteiger partial charge in [-0.05, 0) is 59.2 Å². The number of hydrogen-bond acceptors (Lipinski definition) is 3. The van der Waals surface area contributed by atoms with Crippen molar-refractivity contribution in [3.63, 3.8) is 0 Å². The van der Waals surface area contributed by atoms with E-state index in [1.54, 1.807) is 20.3 Å². The fourth-order valence-electron chi connectivity index (χ4n) is 3.19. The molecule has 2 atom stereocenters. The topological polar surface area (TPSA) is 35.5 Å². The summed E-state index contributed by atoms with van der Waals surface area (Å²) in [6, 6.07) is 3.59. The molecular weight excluding hydrogens is 308 g/mol. The van der Waals surface area contributed by atoms with Crippen LogP contribution in [-0.2, 0) is 0 Å². The molecule has 0 spiro atoms. The number of hydrogen-bond donors (Lipinski definition) is 0. The molecule has 3 rings (SSSR count). The van der Waals surface area contributed by atoms with Crippen LogP contribution >= 0.6 is 15.9 Å². The summed E-state index contributed by atoms with van der Waals surface area (Å²) in [6.07, 6.45) is 3.45. The van der Waals surface area contributed by atoms with Crippen molar-refractivity contribution in [3.8, 4) is 11.5 Å². The molecule has 0 aliphatic heterocycles. The summed E-state index contributed by atoms with van der Waals surface area (Å²) in [5, 5.41) is 0. The zero-order chi connectivity index (χ0) is 13.6. The maximum absolute atomic E-state index is 12.6. The summed E-state index contributed by atoms with van der Waals surface area (Å²) in [5.41, 5.74) is 0.712. The first-order chi connectivity index (χ1) is 9.13. The number of rotatable bonds is 4. The zero-order valence-electron chi connectivity index (χ0n) is 11.1. The first kappa shape index (κ1) is 13.0. The van der Waals surface area contributed by atoms with E-state index in [1.165, 1.54) is 6.42 Å². The fourth-order valence-corrected chi connectivity index (χ4v) is 3.71. The Bertz CT molecular complexity index is 516. The standard InChI is InChI=1S/C15H17BrO3/c1-18-13-6-11(12(16)7-14(13)19-2)15(17)10-4-8-3-9(8)5-10/h6-10H,3-5H2,1-2H3. The number of carbonyl (C=O) groups is 1. The minimum Gasteiger partial charge on any atom is -0.493 e. The van der Waals surface area contributed by atoms with Crippen molar-refractivity contribution in [2.75, 3.05) is 14.2 Å². The highest BCUT2D eigenvalue weighted by molar-refractivity contribution is 9.10. The van der Waals surface area contributed by atoms with Gasteiger partial charge in [-0.3, -0.25) is 4.79 Å². The van der Waals surface area contributed by atoms with Crippen LogP contribution in [0.3, 0.4) is 0 Å². The number of ether oxygens (including phenoxy) is 2. The van der Waals surface area contributed by atoms with Gasteiger partial charge in [0.25, 0.3) is 0 Å². The fraction of sp³-hybridized carbons (Fsp3) is 0.533. The quantitative estimate of drug-likeness (QED) is 0.792. The van der Waals surface area contributed by atoms with Crippen molar-refractivity contribution in [1.82, 2.24) is 0 Å². The van der Waals surface area contributed by atoms with Gasteiger partial charge < -0.3 is 9.47 Å². The molecule has 0 bridgehead atoms. The predicted octanol–water partition coefficient (Wildman–Crippen LogP) is 3.70. The molecule has 2 fully saturated rings. The second-order valence-corrected chi connectivity index (χ2v) is 6.33. The summed E-state index contributed by atoms with van der Waals surface area (Å²) >= 11 is 3.47. The molecule has 1 aromatic rings. The van der Waals surface area contributed by atoms with Crippen LogP contribution in [0.4, 0.5) is 0 Å². The van der Waals surface area contributed by atoms with E-state index in [-0.39, 0.29) is 11.7 Å². The second-order valence-electron chi connectivity index (χ2n) is 5.48. The molecule has 2 aliphatic rings. The third-order valence-electron chi connectivity index (χ3n) is 4.35. The lowest BCUT2D eigenvalue weighted by Crippen LogP contribution is -2.14. The Labute approximate surface area is 121 Å². The maximum atomic E-state index is 12.6. The van der Waals surface area contributed by atoms with Crippen LogP contribution in [0.5, 0.6) is 11.5 Å². The normalized spacial score (nSPS) is 27.8. The minimum absolute atomic E-state index is 0.193. The summed E-state index contributed by atoms with van der Waals surface area (Å²) in [4.78, 5) is 12.6. The number of benzene rings is 1. The van der Waals surface area contributed by atoms with Crippen LogP contribution in [0.1, 0.15) is 29.6 Å². The Morgan fingerprint density at radius 3 is 2.26 bits per heavy atom. The Morgan fingerprint density at radius 2 is 1.68 bits per heavy atom. The van der Waals surface area contributed by atoms with Gasteiger partial charge in [0.15, 0.2) is 17.3 Å². The highest BCUT2D eigenvalue weighted by atomic mass is 79.9. The highest BCUT2D eigenvalue weighted by Crippen LogP contribution is 2.55. The van der Waals surface area contributed by atoms with Crippen LogP contribution in [-0.4, -0.2) is 20.0 Å². The molecular formula is C15H17BrO3. The van der Waals surface area contributed by atoms with Gasteiger partial charge in [-0.2, -0.15) is 0 Å². The van der Waals surface area contributed by atoms with E-state index in [1.807, 2.05) is 6.07 Å². The van der Waals surface area contributed by atoms with Crippen LogP contribution in [0.25, 0.3) is 0 Å². The van der Waals surface area contributed by atoms with E-state index >= 15 is 0 Å². The summed E-state index contributed by atoms with van der Waals surface area (Å²) in [6.45, 7) is 0. The molecule has 0 aromatic heterocycles. The van der Waals surface area contributed by atoms with Crippen molar-refractivity contribution in [3.05, 3.63) is 22.2 Å². The van der Waals surface area contributed by atoms with Crippen molar-refractivity contribution < 1.29 is 14.3 Å². The molecule has 0 heterocycles. The largest absolute Gasteiger partial charge is 0.493 e. The summed E-state index contributed by atoms with van der Waals surface area (Å²) < 4.78 is 11.3. The molecule has 4 heteroatoms. The first-order valence-electron chi connectivity index (χ1n) is 6.59. The van der Waals surface area contributed by atoms with Gasteiger partial charge in [0.2, 0.25) is 0 Å². The van der Waals surface area contributed by atoms with Crippen LogP contribution in [0, 0.1) is 17.8 Å². The van der Waals surface area contributed by atoms with E-state index in [4.69, 9.17) is 9.47 Å². The smallest absolute Gasteiger partial charge is 0.167 e. The minimum atomic E-state index is 0.193. The second kappa shape index (κ2) is 4.82. The lowest BCUT2D eigenvalue weighted by atomic mass is 9.93. The molecule has 0 amide bonds. The molecule has 1 aromatic carbocycles. The number of carbonyl (C=O) groups excluding carboxylic acids is 1. The number of fused-ring (bicyclic) bond motifs is 1. The Kier molecular flexibility index (Phi) is 3.29. The summed E-state index contributed by atoms with van der Waals surface area (Å²) in [7, 11) is 3.18. The van der Waals surface area contributed by atoms with Crippen molar-refractivity contribution in [1.29, 1.82) is 0 Å². The van der Waals surface area contributed by atoms with Gasteiger partial charge in [0, 0.05) is 16.0 Å². The molecule has 0 radical (unpaired) electrons. The van der Waals surface area contributed by atoms with Gasteiger partial charge in [0.05, 0.1) is 14.2 Å². The first-order valence-corrected chi connectivity index (χ1v) is 7.39. The van der Waals surface area contributed by atoms with Crippen LogP contribution in [0.15, 0.2) is 16.6 Å². The SMILES string of the molecule is COc1cc(Br)c(C(=O)C2CC3CC3C2)cc1OC. The van der Waals surface area contributed by atoms with Gasteiger partial charge in [-0.25, -0.2) is 0 Å². The Balaban J connectivity index is 1.88. The monoisotopic (exact) mass is 324 g/mol. The molecule has 102 valence electrons. The van der Waals surface area contributed by atoms with Crippen molar-refractivity contribution in [2.45, 2.75) is 19.3 Å². The maximum Gasteiger partial charge on any atom is 0.167 e. The molecule has 0 N–H and O–H groups in total. The molecule has 2 unspecified atom stereocenters. The van der Waals surface area contributed by atoms with Gasteiger partial charge in [-0.1, -0.05) is 0 Å².